The number of benzene rings is 2. The molecule has 2 heterocycles. The smallest absolute Gasteiger partial charge is 0.260 e. The molecule has 148 valence electrons. The zero-order chi connectivity index (χ0) is 20.4. The summed E-state index contributed by atoms with van der Waals surface area (Å²) in [6.45, 7) is 5.55. The molecule has 5 nitrogen and oxygen atoms in total. The van der Waals surface area contributed by atoms with Crippen LogP contribution in [0.25, 0.3) is 10.2 Å². The number of imidazole rings is 1. The van der Waals surface area contributed by atoms with Crippen LogP contribution in [0.5, 0.6) is 0 Å². The first-order chi connectivity index (χ1) is 14.0. The first kappa shape index (κ1) is 19.8. The molecule has 2 aromatic heterocycles. The molecule has 0 atom stereocenters. The summed E-state index contributed by atoms with van der Waals surface area (Å²) in [4.78, 5) is 24.1. The Balaban J connectivity index is 1.67. The van der Waals surface area contributed by atoms with E-state index in [0.29, 0.717) is 12.1 Å². The van der Waals surface area contributed by atoms with E-state index in [1.54, 1.807) is 28.8 Å². The average Bonchev–Trinajstić information content (AvgIpc) is 3.34. The third kappa shape index (κ3) is 4.41. The van der Waals surface area contributed by atoms with Crippen molar-refractivity contribution < 1.29 is 4.79 Å². The van der Waals surface area contributed by atoms with E-state index >= 15 is 0 Å². The van der Waals surface area contributed by atoms with Gasteiger partial charge in [0.15, 0.2) is 5.13 Å². The third-order valence-electron chi connectivity index (χ3n) is 4.71. The van der Waals surface area contributed by atoms with E-state index in [-0.39, 0.29) is 5.91 Å². The number of nitrogens with zero attached hydrogens (tertiary/aromatic N) is 4. The van der Waals surface area contributed by atoms with Crippen LogP contribution >= 0.6 is 27.3 Å². The van der Waals surface area contributed by atoms with Crippen LogP contribution in [0.15, 0.2) is 59.6 Å². The van der Waals surface area contributed by atoms with Gasteiger partial charge in [0.2, 0.25) is 0 Å². The summed E-state index contributed by atoms with van der Waals surface area (Å²) in [7, 11) is 0. The monoisotopic (exact) mass is 468 g/mol. The van der Waals surface area contributed by atoms with E-state index in [1.807, 2.05) is 35.0 Å². The molecule has 29 heavy (non-hydrogen) atoms. The standard InChI is InChI=1S/C22H21BrN4OS/c1-15-11-16(2)20-19(12-15)25-22(29-20)27(9-4-8-26-10-7-24-14-26)21(28)17-5-3-6-18(23)13-17/h3,5-7,10-14H,4,8-9H2,1-2H3. The van der Waals surface area contributed by atoms with Crippen LogP contribution in [0, 0.1) is 13.8 Å². The zero-order valence-corrected chi connectivity index (χ0v) is 18.7. The molecule has 0 aliphatic heterocycles. The molecule has 0 saturated heterocycles. The van der Waals surface area contributed by atoms with Crippen molar-refractivity contribution in [2.24, 2.45) is 0 Å². The normalized spacial score (nSPS) is 11.1. The summed E-state index contributed by atoms with van der Waals surface area (Å²) in [6.07, 6.45) is 6.31. The van der Waals surface area contributed by atoms with E-state index in [0.717, 1.165) is 32.8 Å². The van der Waals surface area contributed by atoms with Gasteiger partial charge in [-0.3, -0.25) is 9.69 Å². The Morgan fingerprint density at radius 3 is 2.86 bits per heavy atom. The van der Waals surface area contributed by atoms with E-state index in [1.165, 1.54) is 11.1 Å². The average molecular weight is 469 g/mol. The topological polar surface area (TPSA) is 51.0 Å². The van der Waals surface area contributed by atoms with E-state index < -0.39 is 0 Å². The van der Waals surface area contributed by atoms with Gasteiger partial charge < -0.3 is 4.57 Å². The second kappa shape index (κ2) is 8.47. The van der Waals surface area contributed by atoms with Gasteiger partial charge in [-0.25, -0.2) is 9.97 Å². The summed E-state index contributed by atoms with van der Waals surface area (Å²) >= 11 is 5.05. The predicted molar refractivity (Wildman–Crippen MR) is 122 cm³/mol. The summed E-state index contributed by atoms with van der Waals surface area (Å²) in [6, 6.07) is 11.7. The Kier molecular flexibility index (Phi) is 5.78. The number of hydrogen-bond donors (Lipinski definition) is 0. The minimum Gasteiger partial charge on any atom is -0.337 e. The first-order valence-electron chi connectivity index (χ1n) is 9.42. The molecule has 1 amide bonds. The maximum atomic E-state index is 13.4. The van der Waals surface area contributed by atoms with E-state index in [4.69, 9.17) is 4.98 Å². The van der Waals surface area contributed by atoms with Gasteiger partial charge in [0.25, 0.3) is 5.91 Å². The largest absolute Gasteiger partial charge is 0.337 e. The van der Waals surface area contributed by atoms with Crippen molar-refractivity contribution in [2.45, 2.75) is 26.8 Å². The van der Waals surface area contributed by atoms with Crippen LogP contribution in [0.4, 0.5) is 5.13 Å². The number of thiazole rings is 1. The molecule has 0 fully saturated rings. The zero-order valence-electron chi connectivity index (χ0n) is 16.3. The number of hydrogen-bond acceptors (Lipinski definition) is 4. The maximum absolute atomic E-state index is 13.4. The highest BCUT2D eigenvalue weighted by molar-refractivity contribution is 9.10. The van der Waals surface area contributed by atoms with E-state index in [2.05, 4.69) is 46.9 Å². The molecule has 0 spiro atoms. The van der Waals surface area contributed by atoms with Gasteiger partial charge in [-0.1, -0.05) is 39.4 Å². The number of carbonyl (C=O) groups is 1. The predicted octanol–water partition coefficient (Wildman–Crippen LogP) is 5.61. The Hall–Kier alpha value is -2.51. The molecule has 0 N–H and O–H groups in total. The molecule has 0 saturated carbocycles. The van der Waals surface area contributed by atoms with Crippen LogP contribution in [-0.2, 0) is 6.54 Å². The van der Waals surface area contributed by atoms with Gasteiger partial charge in [-0.2, -0.15) is 0 Å². The Morgan fingerprint density at radius 1 is 1.24 bits per heavy atom. The lowest BCUT2D eigenvalue weighted by atomic mass is 10.1. The van der Waals surface area contributed by atoms with Gasteiger partial charge in [0.1, 0.15) is 0 Å². The van der Waals surface area contributed by atoms with Gasteiger partial charge in [0, 0.05) is 35.5 Å². The van der Waals surface area contributed by atoms with Gasteiger partial charge in [-0.15, -0.1) is 0 Å². The van der Waals surface area contributed by atoms with Crippen LogP contribution < -0.4 is 4.90 Å². The first-order valence-corrected chi connectivity index (χ1v) is 11.0. The summed E-state index contributed by atoms with van der Waals surface area (Å²) in [5.41, 5.74) is 3.96. The molecule has 4 rings (SSSR count). The maximum Gasteiger partial charge on any atom is 0.260 e. The molecular formula is C22H21BrN4OS. The third-order valence-corrected chi connectivity index (χ3v) is 6.44. The van der Waals surface area contributed by atoms with E-state index in [9.17, 15) is 4.79 Å². The summed E-state index contributed by atoms with van der Waals surface area (Å²) in [5.74, 6) is -0.0367. The molecule has 0 radical (unpaired) electrons. The second-order valence-corrected chi connectivity index (χ2v) is 8.94. The van der Waals surface area contributed by atoms with Crippen LogP contribution in [-0.4, -0.2) is 27.0 Å². The van der Waals surface area contributed by atoms with Crippen molar-refractivity contribution in [2.75, 3.05) is 11.4 Å². The molecule has 0 unspecified atom stereocenters. The fourth-order valence-electron chi connectivity index (χ4n) is 3.37. The number of carbonyl (C=O) groups excluding carboxylic acids is 1. The van der Waals surface area contributed by atoms with Crippen molar-refractivity contribution in [3.63, 3.8) is 0 Å². The quantitative estimate of drug-likeness (QED) is 0.369. The summed E-state index contributed by atoms with van der Waals surface area (Å²) in [5, 5.41) is 0.740. The Bertz CT molecular complexity index is 1150. The van der Waals surface area contributed by atoms with Crippen molar-refractivity contribution in [3.05, 3.63) is 76.3 Å². The van der Waals surface area contributed by atoms with Crippen molar-refractivity contribution in [1.82, 2.24) is 14.5 Å². The minimum absolute atomic E-state index is 0.0367. The number of aromatic nitrogens is 3. The molecule has 7 heteroatoms. The Morgan fingerprint density at radius 2 is 2.10 bits per heavy atom. The molecule has 0 aliphatic carbocycles. The molecular weight excluding hydrogens is 448 g/mol. The Labute approximate surface area is 182 Å². The second-order valence-electron chi connectivity index (χ2n) is 7.05. The number of halogens is 1. The van der Waals surface area contributed by atoms with Crippen molar-refractivity contribution >= 4 is 48.5 Å². The lowest BCUT2D eigenvalue weighted by Crippen LogP contribution is -2.32. The highest BCUT2D eigenvalue weighted by Gasteiger charge is 2.22. The highest BCUT2D eigenvalue weighted by Crippen LogP contribution is 2.33. The number of anilines is 1. The van der Waals surface area contributed by atoms with Gasteiger partial charge in [0.05, 0.1) is 16.5 Å². The molecule has 0 aliphatic rings. The highest BCUT2D eigenvalue weighted by atomic mass is 79.9. The van der Waals surface area contributed by atoms with Crippen molar-refractivity contribution in [1.29, 1.82) is 0 Å². The van der Waals surface area contributed by atoms with Crippen molar-refractivity contribution in [3.8, 4) is 0 Å². The molecule has 2 aromatic carbocycles. The fourth-order valence-corrected chi connectivity index (χ4v) is 4.81. The number of rotatable bonds is 6. The minimum atomic E-state index is -0.0367. The van der Waals surface area contributed by atoms with Gasteiger partial charge in [-0.05, 0) is 55.7 Å². The van der Waals surface area contributed by atoms with Crippen LogP contribution in [0.1, 0.15) is 27.9 Å². The summed E-state index contributed by atoms with van der Waals surface area (Å²) < 4.78 is 4.04. The number of fused-ring (bicyclic) bond motifs is 1. The molecule has 0 bridgehead atoms. The van der Waals surface area contributed by atoms with Crippen LogP contribution in [0.2, 0.25) is 0 Å². The lowest BCUT2D eigenvalue weighted by Gasteiger charge is -2.20. The lowest BCUT2D eigenvalue weighted by molar-refractivity contribution is 0.0986. The fraction of sp³-hybridized carbons (Fsp3) is 0.227. The number of amides is 1. The number of aryl methyl sites for hydroxylation is 3. The molecule has 4 aromatic rings. The van der Waals surface area contributed by atoms with Gasteiger partial charge >= 0.3 is 0 Å². The van der Waals surface area contributed by atoms with Crippen LogP contribution in [0.3, 0.4) is 0 Å². The SMILES string of the molecule is Cc1cc(C)c2sc(N(CCCn3ccnc3)C(=O)c3cccc(Br)c3)nc2c1.